The number of rotatable bonds is 5. The highest BCUT2D eigenvalue weighted by molar-refractivity contribution is 6.33. The van der Waals surface area contributed by atoms with E-state index in [-0.39, 0.29) is 23.3 Å². The lowest BCUT2D eigenvalue weighted by Gasteiger charge is -2.21. The first kappa shape index (κ1) is 20.0. The molecule has 3 aromatic rings. The van der Waals surface area contributed by atoms with E-state index in [2.05, 4.69) is 10.3 Å². The van der Waals surface area contributed by atoms with Gasteiger partial charge in [-0.25, -0.2) is 4.39 Å². The Kier molecular flexibility index (Phi) is 5.72. The lowest BCUT2D eigenvalue weighted by molar-refractivity contribution is 0.0950. The fraction of sp³-hybridized carbons (Fsp3) is 0.182. The van der Waals surface area contributed by atoms with Crippen molar-refractivity contribution in [2.45, 2.75) is 6.54 Å². The van der Waals surface area contributed by atoms with Crippen molar-refractivity contribution < 1.29 is 23.4 Å². The van der Waals surface area contributed by atoms with E-state index >= 15 is 0 Å². The van der Waals surface area contributed by atoms with Crippen molar-refractivity contribution in [2.75, 3.05) is 20.3 Å². The molecule has 0 bridgehead atoms. The average Bonchev–Trinajstić information content (AvgIpc) is 2.76. The molecule has 0 aliphatic carbocycles. The second-order valence-corrected chi connectivity index (χ2v) is 6.98. The molecule has 0 atom stereocenters. The van der Waals surface area contributed by atoms with Gasteiger partial charge >= 0.3 is 0 Å². The van der Waals surface area contributed by atoms with Crippen LogP contribution in [0.3, 0.4) is 0 Å². The number of carbonyl (C=O) groups excluding carboxylic acids is 1. The standard InChI is InChI=1S/C22H18ClFN2O4/c1-28-18-7-13(8-19-21(18)30-6-5-29-19)11-26-22(27)15-10-17(23)20(25-12-15)14-3-2-4-16(24)9-14/h2-4,7-10,12H,5-6,11H2,1H3,(H,26,27). The van der Waals surface area contributed by atoms with Crippen molar-refractivity contribution in [3.63, 3.8) is 0 Å². The van der Waals surface area contributed by atoms with Crippen LogP contribution in [0.2, 0.25) is 5.02 Å². The van der Waals surface area contributed by atoms with E-state index in [1.807, 2.05) is 0 Å². The molecule has 1 N–H and O–H groups in total. The number of nitrogens with one attached hydrogen (secondary N) is 1. The van der Waals surface area contributed by atoms with Gasteiger partial charge in [-0.05, 0) is 35.9 Å². The van der Waals surface area contributed by atoms with Crippen LogP contribution in [0.1, 0.15) is 15.9 Å². The minimum absolute atomic E-state index is 0.245. The van der Waals surface area contributed by atoms with E-state index in [0.29, 0.717) is 47.3 Å². The molecule has 0 radical (unpaired) electrons. The zero-order valence-corrected chi connectivity index (χ0v) is 16.8. The van der Waals surface area contributed by atoms with Crippen LogP contribution in [-0.2, 0) is 6.54 Å². The number of halogens is 2. The predicted molar refractivity (Wildman–Crippen MR) is 110 cm³/mol. The van der Waals surface area contributed by atoms with E-state index in [1.165, 1.54) is 24.4 Å². The number of nitrogens with zero attached hydrogens (tertiary/aromatic N) is 1. The molecular formula is C22H18ClFN2O4. The number of benzene rings is 2. The minimum Gasteiger partial charge on any atom is -0.493 e. The van der Waals surface area contributed by atoms with Gasteiger partial charge in [0, 0.05) is 18.3 Å². The first-order chi connectivity index (χ1) is 14.5. The van der Waals surface area contributed by atoms with E-state index < -0.39 is 0 Å². The normalized spacial score (nSPS) is 12.4. The van der Waals surface area contributed by atoms with Crippen molar-refractivity contribution in [1.82, 2.24) is 10.3 Å². The number of aromatic nitrogens is 1. The quantitative estimate of drug-likeness (QED) is 0.658. The van der Waals surface area contributed by atoms with Gasteiger partial charge in [0.2, 0.25) is 5.75 Å². The van der Waals surface area contributed by atoms with Crippen LogP contribution in [0.15, 0.2) is 48.7 Å². The summed E-state index contributed by atoms with van der Waals surface area (Å²) >= 11 is 6.28. The molecule has 0 saturated heterocycles. The van der Waals surface area contributed by atoms with Gasteiger partial charge in [0.05, 0.1) is 23.4 Å². The molecule has 0 fully saturated rings. The van der Waals surface area contributed by atoms with Crippen LogP contribution >= 0.6 is 11.6 Å². The Morgan fingerprint density at radius 2 is 2.07 bits per heavy atom. The van der Waals surface area contributed by atoms with Gasteiger partial charge in [0.25, 0.3) is 5.91 Å². The number of pyridine rings is 1. The van der Waals surface area contributed by atoms with Crippen LogP contribution in [0.5, 0.6) is 17.2 Å². The summed E-state index contributed by atoms with van der Waals surface area (Å²) in [5, 5.41) is 3.08. The predicted octanol–water partition coefficient (Wildman–Crippen LogP) is 4.25. The van der Waals surface area contributed by atoms with Gasteiger partial charge < -0.3 is 19.5 Å². The molecule has 1 aliphatic heterocycles. The van der Waals surface area contributed by atoms with Crippen LogP contribution in [0, 0.1) is 5.82 Å². The second-order valence-electron chi connectivity index (χ2n) is 6.57. The number of hydrogen-bond donors (Lipinski definition) is 1. The zero-order chi connectivity index (χ0) is 21.1. The first-order valence-electron chi connectivity index (χ1n) is 9.21. The molecule has 30 heavy (non-hydrogen) atoms. The van der Waals surface area contributed by atoms with Crippen molar-refractivity contribution in [3.05, 3.63) is 70.6 Å². The first-order valence-corrected chi connectivity index (χ1v) is 9.59. The Hall–Kier alpha value is -3.32. The van der Waals surface area contributed by atoms with E-state index in [9.17, 15) is 9.18 Å². The van der Waals surface area contributed by atoms with Gasteiger partial charge in [0.1, 0.15) is 19.0 Å². The smallest absolute Gasteiger partial charge is 0.253 e. The molecule has 0 spiro atoms. The summed E-state index contributed by atoms with van der Waals surface area (Å²) in [5.41, 5.74) is 2.03. The van der Waals surface area contributed by atoms with E-state index in [4.69, 9.17) is 25.8 Å². The highest BCUT2D eigenvalue weighted by Gasteiger charge is 2.19. The van der Waals surface area contributed by atoms with E-state index in [0.717, 1.165) is 5.56 Å². The Morgan fingerprint density at radius 3 is 2.83 bits per heavy atom. The van der Waals surface area contributed by atoms with Crippen molar-refractivity contribution in [2.24, 2.45) is 0 Å². The summed E-state index contributed by atoms with van der Waals surface area (Å²) in [5.74, 6) is 0.948. The molecule has 2 aromatic carbocycles. The molecule has 154 valence electrons. The lowest BCUT2D eigenvalue weighted by atomic mass is 10.1. The maximum absolute atomic E-state index is 13.5. The Balaban J connectivity index is 1.49. The SMILES string of the molecule is COc1cc(CNC(=O)c2cnc(-c3cccc(F)c3)c(Cl)c2)cc2c1OCCO2. The third-order valence-corrected chi connectivity index (χ3v) is 4.83. The number of amides is 1. The van der Waals surface area contributed by atoms with Crippen LogP contribution in [0.4, 0.5) is 4.39 Å². The zero-order valence-electron chi connectivity index (χ0n) is 16.1. The van der Waals surface area contributed by atoms with Crippen molar-refractivity contribution in [1.29, 1.82) is 0 Å². The molecular weight excluding hydrogens is 411 g/mol. The molecule has 6 nitrogen and oxygen atoms in total. The van der Waals surface area contributed by atoms with Crippen molar-refractivity contribution >= 4 is 17.5 Å². The largest absolute Gasteiger partial charge is 0.493 e. The summed E-state index contributed by atoms with van der Waals surface area (Å²) < 4.78 is 30.0. The molecule has 2 heterocycles. The number of carbonyl (C=O) groups is 1. The van der Waals surface area contributed by atoms with Gasteiger partial charge in [0.15, 0.2) is 11.5 Å². The number of hydrogen-bond acceptors (Lipinski definition) is 5. The summed E-state index contributed by atoms with van der Waals surface area (Å²) in [4.78, 5) is 16.8. The number of methoxy groups -OCH3 is 1. The number of ether oxygens (including phenoxy) is 3. The lowest BCUT2D eigenvalue weighted by Crippen LogP contribution is -2.23. The minimum atomic E-state index is -0.387. The summed E-state index contributed by atoms with van der Waals surface area (Å²) in [6, 6.07) is 11.0. The second kappa shape index (κ2) is 8.59. The molecule has 1 aliphatic rings. The topological polar surface area (TPSA) is 69.7 Å². The third-order valence-electron chi connectivity index (χ3n) is 4.54. The fourth-order valence-electron chi connectivity index (χ4n) is 3.12. The van der Waals surface area contributed by atoms with Crippen LogP contribution in [-0.4, -0.2) is 31.2 Å². The van der Waals surface area contributed by atoms with Crippen LogP contribution in [0.25, 0.3) is 11.3 Å². The molecule has 8 heteroatoms. The Labute approximate surface area is 177 Å². The van der Waals surface area contributed by atoms with Gasteiger partial charge in [-0.2, -0.15) is 0 Å². The maximum atomic E-state index is 13.5. The fourth-order valence-corrected chi connectivity index (χ4v) is 3.40. The van der Waals surface area contributed by atoms with Crippen molar-refractivity contribution in [3.8, 4) is 28.5 Å². The Bertz CT molecular complexity index is 1090. The maximum Gasteiger partial charge on any atom is 0.253 e. The molecule has 1 aromatic heterocycles. The van der Waals surface area contributed by atoms with Gasteiger partial charge in [-0.15, -0.1) is 0 Å². The van der Waals surface area contributed by atoms with Crippen LogP contribution < -0.4 is 19.5 Å². The molecule has 0 saturated carbocycles. The summed E-state index contributed by atoms with van der Waals surface area (Å²) in [6.45, 7) is 1.15. The van der Waals surface area contributed by atoms with Gasteiger partial charge in [-0.3, -0.25) is 9.78 Å². The number of fused-ring (bicyclic) bond motifs is 1. The monoisotopic (exact) mass is 428 g/mol. The molecule has 0 unspecified atom stereocenters. The Morgan fingerprint density at radius 1 is 1.23 bits per heavy atom. The molecule has 1 amide bonds. The summed E-state index contributed by atoms with van der Waals surface area (Å²) in [6.07, 6.45) is 1.41. The average molecular weight is 429 g/mol. The molecule has 4 rings (SSSR count). The highest BCUT2D eigenvalue weighted by atomic mass is 35.5. The summed E-state index contributed by atoms with van der Waals surface area (Å²) in [7, 11) is 1.55. The third kappa shape index (κ3) is 4.16. The highest BCUT2D eigenvalue weighted by Crippen LogP contribution is 2.40. The van der Waals surface area contributed by atoms with E-state index in [1.54, 1.807) is 31.4 Å². The van der Waals surface area contributed by atoms with Gasteiger partial charge in [-0.1, -0.05) is 23.7 Å².